The highest BCUT2D eigenvalue weighted by Crippen LogP contribution is 2.24. The predicted molar refractivity (Wildman–Crippen MR) is 108 cm³/mol. The zero-order chi connectivity index (χ0) is 20.9. The average molecular weight is 399 g/mol. The van der Waals surface area contributed by atoms with E-state index in [1.807, 2.05) is 34.6 Å². The summed E-state index contributed by atoms with van der Waals surface area (Å²) in [6, 6.07) is 0. The van der Waals surface area contributed by atoms with Gasteiger partial charge in [0.2, 0.25) is 0 Å². The van der Waals surface area contributed by atoms with Crippen molar-refractivity contribution in [2.24, 2.45) is 0 Å². The summed E-state index contributed by atoms with van der Waals surface area (Å²) in [5.74, 6) is 0. The fourth-order valence-corrected chi connectivity index (χ4v) is 3.67. The van der Waals surface area contributed by atoms with Gasteiger partial charge in [-0.25, -0.2) is 9.59 Å². The summed E-state index contributed by atoms with van der Waals surface area (Å²) in [5, 5.41) is 3.16. The first-order valence-corrected chi connectivity index (χ1v) is 10.4. The van der Waals surface area contributed by atoms with Gasteiger partial charge in [-0.1, -0.05) is 0 Å². The summed E-state index contributed by atoms with van der Waals surface area (Å²) >= 11 is 0. The number of likely N-dealkylation sites (tertiary alicyclic amines) is 1. The van der Waals surface area contributed by atoms with Crippen molar-refractivity contribution in [2.45, 2.75) is 64.7 Å². The largest absolute Gasteiger partial charge is 0.447 e. The number of carbonyl (C=O) groups is 2. The highest BCUT2D eigenvalue weighted by Gasteiger charge is 2.38. The van der Waals surface area contributed by atoms with Gasteiger partial charge in [-0.05, 0) is 54.5 Å². The second-order valence-electron chi connectivity index (χ2n) is 9.41. The number of ether oxygens (including phenoxy) is 2. The number of amides is 2. The van der Waals surface area contributed by atoms with E-state index in [-0.39, 0.29) is 23.8 Å². The molecule has 2 aliphatic heterocycles. The Balaban J connectivity index is 1.92. The van der Waals surface area contributed by atoms with Crippen LogP contribution in [0, 0.1) is 0 Å². The van der Waals surface area contributed by atoms with Crippen LogP contribution in [0.4, 0.5) is 9.59 Å². The molecule has 0 aliphatic carbocycles. The van der Waals surface area contributed by atoms with E-state index in [2.05, 4.69) is 22.2 Å². The van der Waals surface area contributed by atoms with Gasteiger partial charge in [0.15, 0.2) is 0 Å². The fourth-order valence-electron chi connectivity index (χ4n) is 3.67. The van der Waals surface area contributed by atoms with E-state index in [0.29, 0.717) is 13.1 Å². The minimum absolute atomic E-state index is 0.138. The molecule has 2 heterocycles. The van der Waals surface area contributed by atoms with Gasteiger partial charge in [0, 0.05) is 45.8 Å². The minimum Gasteiger partial charge on any atom is -0.447 e. The van der Waals surface area contributed by atoms with Gasteiger partial charge in [-0.3, -0.25) is 4.90 Å². The van der Waals surface area contributed by atoms with Gasteiger partial charge in [0.25, 0.3) is 0 Å². The van der Waals surface area contributed by atoms with Gasteiger partial charge in [0.05, 0.1) is 11.6 Å². The van der Waals surface area contributed by atoms with Crippen molar-refractivity contribution in [3.8, 4) is 0 Å². The molecule has 2 rings (SSSR count). The van der Waals surface area contributed by atoms with Crippen molar-refractivity contribution < 1.29 is 19.1 Å². The van der Waals surface area contributed by atoms with E-state index in [0.717, 1.165) is 45.6 Å². The number of piperidine rings is 1. The third-order valence-corrected chi connectivity index (χ3v) is 5.20. The quantitative estimate of drug-likeness (QED) is 0.782. The van der Waals surface area contributed by atoms with E-state index >= 15 is 0 Å². The second kappa shape index (κ2) is 9.31. The molecule has 2 saturated heterocycles. The Labute approximate surface area is 169 Å². The highest BCUT2D eigenvalue weighted by molar-refractivity contribution is 5.69. The fraction of sp³-hybridized carbons (Fsp3) is 0.900. The maximum absolute atomic E-state index is 12.3. The third-order valence-electron chi connectivity index (χ3n) is 5.20. The molecule has 2 amide bonds. The van der Waals surface area contributed by atoms with Crippen LogP contribution in [0.25, 0.3) is 0 Å². The van der Waals surface area contributed by atoms with Gasteiger partial charge in [0.1, 0.15) is 5.60 Å². The number of piperazine rings is 1. The lowest BCUT2D eigenvalue weighted by Gasteiger charge is -2.45. The summed E-state index contributed by atoms with van der Waals surface area (Å²) < 4.78 is 10.8. The van der Waals surface area contributed by atoms with Crippen LogP contribution in [0.2, 0.25) is 0 Å². The van der Waals surface area contributed by atoms with Crippen LogP contribution in [0.5, 0.6) is 0 Å². The lowest BCUT2D eigenvalue weighted by atomic mass is 9.87. The summed E-state index contributed by atoms with van der Waals surface area (Å²) in [6.07, 6.45) is 1.05. The van der Waals surface area contributed by atoms with Crippen LogP contribution in [0.15, 0.2) is 0 Å². The van der Waals surface area contributed by atoms with Crippen LogP contribution in [-0.2, 0) is 9.47 Å². The number of carbonyl (C=O) groups excluding carboxylic acids is 2. The molecule has 8 heteroatoms. The normalized spacial score (nSPS) is 21.5. The SMILES string of the molecule is CC(C)OC(=O)NC1(CN2CCN(C(=O)OC(C)(C)C)CC2)CCN(C)CC1. The van der Waals surface area contributed by atoms with Crippen LogP contribution in [0.1, 0.15) is 47.5 Å². The van der Waals surface area contributed by atoms with E-state index < -0.39 is 5.60 Å². The molecule has 0 aromatic heterocycles. The second-order valence-corrected chi connectivity index (χ2v) is 9.41. The molecular formula is C20H38N4O4. The number of nitrogens with one attached hydrogen (secondary N) is 1. The Bertz CT molecular complexity index is 531. The smallest absolute Gasteiger partial charge is 0.410 e. The summed E-state index contributed by atoms with van der Waals surface area (Å²) in [6.45, 7) is 14.9. The summed E-state index contributed by atoms with van der Waals surface area (Å²) in [5.41, 5.74) is -0.764. The van der Waals surface area contributed by atoms with E-state index in [1.165, 1.54) is 0 Å². The highest BCUT2D eigenvalue weighted by atomic mass is 16.6. The Kier molecular flexibility index (Phi) is 7.56. The monoisotopic (exact) mass is 398 g/mol. The number of hydrogen-bond donors (Lipinski definition) is 1. The number of nitrogens with zero attached hydrogens (tertiary/aromatic N) is 3. The van der Waals surface area contributed by atoms with Gasteiger partial charge < -0.3 is 24.6 Å². The number of rotatable bonds is 4. The molecular weight excluding hydrogens is 360 g/mol. The Hall–Kier alpha value is -1.54. The first kappa shape index (κ1) is 22.7. The van der Waals surface area contributed by atoms with E-state index in [1.54, 1.807) is 4.90 Å². The Morgan fingerprint density at radius 3 is 2.11 bits per heavy atom. The van der Waals surface area contributed by atoms with Gasteiger partial charge in [-0.15, -0.1) is 0 Å². The first-order chi connectivity index (χ1) is 13.0. The van der Waals surface area contributed by atoms with Crippen LogP contribution in [-0.4, -0.2) is 97.0 Å². The molecule has 2 aliphatic rings. The maximum Gasteiger partial charge on any atom is 0.410 e. The maximum atomic E-state index is 12.3. The van der Waals surface area contributed by atoms with Crippen LogP contribution in [0.3, 0.4) is 0 Å². The van der Waals surface area contributed by atoms with E-state index in [9.17, 15) is 9.59 Å². The van der Waals surface area contributed by atoms with Crippen molar-refractivity contribution in [1.29, 1.82) is 0 Å². The summed E-state index contributed by atoms with van der Waals surface area (Å²) in [7, 11) is 2.11. The van der Waals surface area contributed by atoms with Crippen molar-refractivity contribution >= 4 is 12.2 Å². The van der Waals surface area contributed by atoms with Crippen molar-refractivity contribution in [3.05, 3.63) is 0 Å². The molecule has 0 aromatic rings. The van der Waals surface area contributed by atoms with Crippen molar-refractivity contribution in [1.82, 2.24) is 20.0 Å². The van der Waals surface area contributed by atoms with Crippen LogP contribution < -0.4 is 5.32 Å². The minimum atomic E-state index is -0.479. The zero-order valence-electron chi connectivity index (χ0n) is 18.4. The van der Waals surface area contributed by atoms with Crippen LogP contribution >= 0.6 is 0 Å². The molecule has 8 nitrogen and oxygen atoms in total. The Morgan fingerprint density at radius 1 is 1.04 bits per heavy atom. The zero-order valence-corrected chi connectivity index (χ0v) is 18.4. The molecule has 0 spiro atoms. The molecule has 0 bridgehead atoms. The Morgan fingerprint density at radius 2 is 1.61 bits per heavy atom. The van der Waals surface area contributed by atoms with Gasteiger partial charge in [-0.2, -0.15) is 0 Å². The molecule has 1 N–H and O–H groups in total. The van der Waals surface area contributed by atoms with Crippen molar-refractivity contribution in [3.63, 3.8) is 0 Å². The molecule has 0 radical (unpaired) electrons. The molecule has 28 heavy (non-hydrogen) atoms. The van der Waals surface area contributed by atoms with Gasteiger partial charge >= 0.3 is 12.2 Å². The first-order valence-electron chi connectivity index (χ1n) is 10.4. The standard InChI is InChI=1S/C20H38N4O4/c1-16(2)27-17(25)21-20(7-9-22(6)10-8-20)15-23-11-13-24(14-12-23)18(26)28-19(3,4)5/h16H,7-15H2,1-6H3,(H,21,25). The molecule has 2 fully saturated rings. The lowest BCUT2D eigenvalue weighted by Crippen LogP contribution is -2.62. The predicted octanol–water partition coefficient (Wildman–Crippen LogP) is 2.14. The number of hydrogen-bond acceptors (Lipinski definition) is 6. The topological polar surface area (TPSA) is 74.3 Å². The molecule has 0 atom stereocenters. The molecule has 162 valence electrons. The summed E-state index contributed by atoms with van der Waals surface area (Å²) in [4.78, 5) is 30.9. The lowest BCUT2D eigenvalue weighted by molar-refractivity contribution is 0.00966. The number of alkyl carbamates (subject to hydrolysis) is 1. The molecule has 0 aromatic carbocycles. The molecule has 0 saturated carbocycles. The molecule has 0 unspecified atom stereocenters. The van der Waals surface area contributed by atoms with Crippen molar-refractivity contribution in [2.75, 3.05) is 52.9 Å². The average Bonchev–Trinajstić information content (AvgIpc) is 2.56. The van der Waals surface area contributed by atoms with E-state index in [4.69, 9.17) is 9.47 Å². The third kappa shape index (κ3) is 7.13.